The molecule has 2 saturated heterocycles. The average Bonchev–Trinajstić information content (AvgIpc) is 2.26. The number of rotatable bonds is 2. The Bertz CT molecular complexity index is 257. The molecule has 2 aliphatic heterocycles. The van der Waals surface area contributed by atoms with E-state index in [1.54, 1.807) is 0 Å². The van der Waals surface area contributed by atoms with Crippen molar-refractivity contribution in [3.63, 3.8) is 0 Å². The van der Waals surface area contributed by atoms with Crippen LogP contribution in [0.15, 0.2) is 0 Å². The highest BCUT2D eigenvalue weighted by molar-refractivity contribution is 4.98. The molecular weight excluding hydrogens is 212 g/mol. The van der Waals surface area contributed by atoms with Gasteiger partial charge in [0.25, 0.3) is 0 Å². The van der Waals surface area contributed by atoms with Gasteiger partial charge >= 0.3 is 0 Å². The summed E-state index contributed by atoms with van der Waals surface area (Å²) < 4.78 is 5.45. The molecule has 0 radical (unpaired) electrons. The van der Waals surface area contributed by atoms with E-state index in [4.69, 9.17) is 4.74 Å². The van der Waals surface area contributed by atoms with E-state index in [0.29, 0.717) is 0 Å². The Morgan fingerprint density at radius 3 is 2.47 bits per heavy atom. The minimum Gasteiger partial charge on any atom is -0.381 e. The first kappa shape index (κ1) is 13.3. The number of nitrogens with zero attached hydrogens (tertiary/aromatic N) is 1. The SMILES string of the molecule is CC1(C)CN(CC2CCOCC2)C(C)(C)CN1. The van der Waals surface area contributed by atoms with Crippen LogP contribution in [-0.2, 0) is 4.74 Å². The summed E-state index contributed by atoms with van der Waals surface area (Å²) in [6, 6.07) is 0. The highest BCUT2D eigenvalue weighted by Gasteiger charge is 2.38. The average molecular weight is 240 g/mol. The van der Waals surface area contributed by atoms with Gasteiger partial charge in [0.15, 0.2) is 0 Å². The highest BCUT2D eigenvalue weighted by atomic mass is 16.5. The summed E-state index contributed by atoms with van der Waals surface area (Å²) in [7, 11) is 0. The van der Waals surface area contributed by atoms with E-state index in [2.05, 4.69) is 37.9 Å². The van der Waals surface area contributed by atoms with Crippen LogP contribution < -0.4 is 5.32 Å². The van der Waals surface area contributed by atoms with E-state index >= 15 is 0 Å². The van der Waals surface area contributed by atoms with Crippen molar-refractivity contribution in [3.05, 3.63) is 0 Å². The zero-order chi connectivity index (χ0) is 12.5. The molecule has 0 bridgehead atoms. The fourth-order valence-electron chi connectivity index (χ4n) is 2.87. The van der Waals surface area contributed by atoms with E-state index < -0.39 is 0 Å². The Kier molecular flexibility index (Phi) is 3.81. The third-order valence-electron chi connectivity index (χ3n) is 4.26. The van der Waals surface area contributed by atoms with Crippen LogP contribution in [0.25, 0.3) is 0 Å². The smallest absolute Gasteiger partial charge is 0.0469 e. The quantitative estimate of drug-likeness (QED) is 0.797. The minimum atomic E-state index is 0.251. The molecule has 2 fully saturated rings. The zero-order valence-electron chi connectivity index (χ0n) is 11.9. The van der Waals surface area contributed by atoms with E-state index in [1.165, 1.54) is 19.4 Å². The van der Waals surface area contributed by atoms with Crippen LogP contribution >= 0.6 is 0 Å². The van der Waals surface area contributed by atoms with Crippen molar-refractivity contribution >= 4 is 0 Å². The number of hydrogen-bond donors (Lipinski definition) is 1. The third kappa shape index (κ3) is 3.43. The van der Waals surface area contributed by atoms with Crippen molar-refractivity contribution in [1.29, 1.82) is 0 Å². The van der Waals surface area contributed by atoms with Crippen LogP contribution in [0.3, 0.4) is 0 Å². The number of hydrogen-bond acceptors (Lipinski definition) is 3. The van der Waals surface area contributed by atoms with Gasteiger partial charge in [-0.25, -0.2) is 0 Å². The molecule has 0 atom stereocenters. The molecule has 0 amide bonds. The summed E-state index contributed by atoms with van der Waals surface area (Å²) in [6.45, 7) is 14.7. The van der Waals surface area contributed by atoms with Crippen LogP contribution in [0, 0.1) is 5.92 Å². The molecule has 3 nitrogen and oxygen atoms in total. The summed E-state index contributed by atoms with van der Waals surface area (Å²) in [6.07, 6.45) is 2.47. The van der Waals surface area contributed by atoms with Gasteiger partial charge in [0.2, 0.25) is 0 Å². The second kappa shape index (κ2) is 4.87. The molecule has 2 rings (SSSR count). The summed E-state index contributed by atoms with van der Waals surface area (Å²) in [4.78, 5) is 2.68. The molecule has 17 heavy (non-hydrogen) atoms. The fourth-order valence-corrected chi connectivity index (χ4v) is 2.87. The van der Waals surface area contributed by atoms with Gasteiger partial charge in [0.1, 0.15) is 0 Å². The van der Waals surface area contributed by atoms with Crippen LogP contribution in [-0.4, -0.2) is 48.8 Å². The van der Waals surface area contributed by atoms with Crippen molar-refractivity contribution in [2.45, 2.75) is 51.6 Å². The molecule has 0 saturated carbocycles. The van der Waals surface area contributed by atoms with E-state index in [1.807, 2.05) is 0 Å². The minimum absolute atomic E-state index is 0.251. The lowest BCUT2D eigenvalue weighted by molar-refractivity contribution is -0.00102. The molecule has 1 N–H and O–H groups in total. The Labute approximate surface area is 106 Å². The monoisotopic (exact) mass is 240 g/mol. The topological polar surface area (TPSA) is 24.5 Å². The first-order chi connectivity index (χ1) is 7.89. The molecule has 0 aromatic carbocycles. The second-order valence-corrected chi connectivity index (χ2v) is 6.99. The molecule has 0 aliphatic carbocycles. The largest absolute Gasteiger partial charge is 0.381 e. The van der Waals surface area contributed by atoms with Crippen LogP contribution in [0.2, 0.25) is 0 Å². The zero-order valence-corrected chi connectivity index (χ0v) is 11.9. The molecule has 0 unspecified atom stereocenters. The number of piperazine rings is 1. The molecule has 2 aliphatic rings. The van der Waals surface area contributed by atoms with Gasteiger partial charge < -0.3 is 10.1 Å². The van der Waals surface area contributed by atoms with Crippen molar-refractivity contribution in [1.82, 2.24) is 10.2 Å². The summed E-state index contributed by atoms with van der Waals surface area (Å²) in [5.41, 5.74) is 0.536. The number of ether oxygens (including phenoxy) is 1. The summed E-state index contributed by atoms with van der Waals surface area (Å²) in [5.74, 6) is 0.830. The first-order valence-corrected chi connectivity index (χ1v) is 6.97. The molecule has 0 aromatic heterocycles. The lowest BCUT2D eigenvalue weighted by Gasteiger charge is -2.51. The number of nitrogens with one attached hydrogen (secondary N) is 1. The summed E-state index contributed by atoms with van der Waals surface area (Å²) >= 11 is 0. The van der Waals surface area contributed by atoms with Gasteiger partial charge in [-0.15, -0.1) is 0 Å². The van der Waals surface area contributed by atoms with E-state index in [-0.39, 0.29) is 11.1 Å². The van der Waals surface area contributed by atoms with Crippen LogP contribution in [0.4, 0.5) is 0 Å². The van der Waals surface area contributed by atoms with Gasteiger partial charge in [0.05, 0.1) is 0 Å². The van der Waals surface area contributed by atoms with E-state index in [0.717, 1.165) is 32.2 Å². The Morgan fingerprint density at radius 1 is 1.18 bits per heavy atom. The Balaban J connectivity index is 1.95. The molecule has 2 heterocycles. The molecule has 3 heteroatoms. The van der Waals surface area contributed by atoms with Gasteiger partial charge in [-0.2, -0.15) is 0 Å². The normalized spacial score (nSPS) is 30.4. The van der Waals surface area contributed by atoms with Gasteiger partial charge in [-0.1, -0.05) is 0 Å². The van der Waals surface area contributed by atoms with Crippen LogP contribution in [0.5, 0.6) is 0 Å². The molecule has 100 valence electrons. The Hall–Kier alpha value is -0.120. The fraction of sp³-hybridized carbons (Fsp3) is 1.00. The molecule has 0 aromatic rings. The van der Waals surface area contributed by atoms with Crippen molar-refractivity contribution in [2.24, 2.45) is 5.92 Å². The van der Waals surface area contributed by atoms with Gasteiger partial charge in [-0.3, -0.25) is 4.90 Å². The third-order valence-corrected chi connectivity index (χ3v) is 4.26. The van der Waals surface area contributed by atoms with E-state index in [9.17, 15) is 0 Å². The maximum atomic E-state index is 5.45. The molecular formula is C14H28N2O. The lowest BCUT2D eigenvalue weighted by atomic mass is 9.89. The Morgan fingerprint density at radius 2 is 1.82 bits per heavy atom. The second-order valence-electron chi connectivity index (χ2n) is 6.99. The predicted molar refractivity (Wildman–Crippen MR) is 71.3 cm³/mol. The van der Waals surface area contributed by atoms with Crippen molar-refractivity contribution in [3.8, 4) is 0 Å². The van der Waals surface area contributed by atoms with Gasteiger partial charge in [-0.05, 0) is 46.5 Å². The van der Waals surface area contributed by atoms with Gasteiger partial charge in [0, 0.05) is 43.9 Å². The maximum Gasteiger partial charge on any atom is 0.0469 e. The predicted octanol–water partition coefficient (Wildman–Crippen LogP) is 1.88. The summed E-state index contributed by atoms with van der Waals surface area (Å²) in [5, 5.41) is 3.65. The van der Waals surface area contributed by atoms with Crippen molar-refractivity contribution < 1.29 is 4.74 Å². The molecule has 0 spiro atoms. The highest BCUT2D eigenvalue weighted by Crippen LogP contribution is 2.26. The standard InChI is InChI=1S/C14H28N2O/c1-13(2)11-16(14(3,4)10-15-13)9-12-5-7-17-8-6-12/h12,15H,5-11H2,1-4H3. The maximum absolute atomic E-state index is 5.45. The van der Waals surface area contributed by atoms with Crippen LogP contribution in [0.1, 0.15) is 40.5 Å². The lowest BCUT2D eigenvalue weighted by Crippen LogP contribution is -2.66. The van der Waals surface area contributed by atoms with Crippen molar-refractivity contribution in [2.75, 3.05) is 32.8 Å². The first-order valence-electron chi connectivity index (χ1n) is 6.97.